The van der Waals surface area contributed by atoms with Crippen LogP contribution in [0.15, 0.2) is 12.4 Å². The number of hydrogen-bond acceptors (Lipinski definition) is 4. The van der Waals surface area contributed by atoms with Gasteiger partial charge in [-0.3, -0.25) is 9.48 Å². The van der Waals surface area contributed by atoms with Gasteiger partial charge >= 0.3 is 0 Å². The first-order valence-electron chi connectivity index (χ1n) is 7.26. The number of aromatic nitrogens is 2. The van der Waals surface area contributed by atoms with Crippen LogP contribution in [0.1, 0.15) is 19.3 Å². The second-order valence-corrected chi connectivity index (χ2v) is 5.84. The van der Waals surface area contributed by atoms with E-state index in [-0.39, 0.29) is 29.6 Å². The predicted octanol–water partition coefficient (Wildman–Crippen LogP) is 1.28. The lowest BCUT2D eigenvalue weighted by Gasteiger charge is -2.23. The van der Waals surface area contributed by atoms with Gasteiger partial charge in [0, 0.05) is 19.2 Å². The number of carbonyl (C=O) groups excluding carboxylic acids is 1. The number of methoxy groups -OCH3 is 1. The summed E-state index contributed by atoms with van der Waals surface area (Å²) < 4.78 is 6.79. The number of nitrogens with one attached hydrogen (secondary N) is 2. The molecule has 2 fully saturated rings. The van der Waals surface area contributed by atoms with Crippen LogP contribution in [0.5, 0.6) is 0 Å². The summed E-state index contributed by atoms with van der Waals surface area (Å²) in [6, 6.07) is 0. The van der Waals surface area contributed by atoms with Gasteiger partial charge in [0.05, 0.1) is 25.0 Å². The average Bonchev–Trinajstić information content (AvgIpc) is 2.95. The fourth-order valence-corrected chi connectivity index (χ4v) is 3.16. The molecule has 1 unspecified atom stereocenters. The molecule has 21 heavy (non-hydrogen) atoms. The summed E-state index contributed by atoms with van der Waals surface area (Å²) >= 11 is 0. The van der Waals surface area contributed by atoms with Crippen LogP contribution in [-0.4, -0.2) is 42.5 Å². The molecule has 1 saturated carbocycles. The Morgan fingerprint density at radius 3 is 3.05 bits per heavy atom. The van der Waals surface area contributed by atoms with Crippen molar-refractivity contribution < 1.29 is 9.53 Å². The van der Waals surface area contributed by atoms with Crippen molar-refractivity contribution in [3.63, 3.8) is 0 Å². The van der Waals surface area contributed by atoms with Crippen LogP contribution < -0.4 is 10.6 Å². The number of rotatable bonds is 5. The van der Waals surface area contributed by atoms with Gasteiger partial charge in [-0.2, -0.15) is 5.10 Å². The van der Waals surface area contributed by atoms with Gasteiger partial charge < -0.3 is 15.4 Å². The van der Waals surface area contributed by atoms with Crippen molar-refractivity contribution in [3.8, 4) is 0 Å². The summed E-state index contributed by atoms with van der Waals surface area (Å²) in [4.78, 5) is 12.3. The van der Waals surface area contributed by atoms with E-state index in [1.54, 1.807) is 18.0 Å². The van der Waals surface area contributed by atoms with E-state index < -0.39 is 0 Å². The minimum absolute atomic E-state index is 0. The van der Waals surface area contributed by atoms with Crippen LogP contribution in [-0.2, 0) is 16.1 Å². The minimum atomic E-state index is 0. The lowest BCUT2D eigenvalue weighted by molar-refractivity contribution is -0.118. The molecule has 1 aliphatic heterocycles. The third-order valence-electron chi connectivity index (χ3n) is 4.53. The van der Waals surface area contributed by atoms with Crippen molar-refractivity contribution in [3.05, 3.63) is 12.4 Å². The third kappa shape index (κ3) is 3.56. The van der Waals surface area contributed by atoms with Crippen LogP contribution in [0.4, 0.5) is 5.69 Å². The smallest absolute Gasteiger partial charge is 0.228 e. The minimum Gasteiger partial charge on any atom is -0.383 e. The van der Waals surface area contributed by atoms with Gasteiger partial charge in [-0.25, -0.2) is 0 Å². The number of hydrogen-bond donors (Lipinski definition) is 2. The Morgan fingerprint density at radius 2 is 2.33 bits per heavy atom. The highest BCUT2D eigenvalue weighted by molar-refractivity contribution is 5.94. The van der Waals surface area contributed by atoms with Crippen LogP contribution in [0.25, 0.3) is 0 Å². The van der Waals surface area contributed by atoms with E-state index in [2.05, 4.69) is 15.7 Å². The van der Waals surface area contributed by atoms with Crippen LogP contribution in [0.3, 0.4) is 0 Å². The Morgan fingerprint density at radius 1 is 1.57 bits per heavy atom. The van der Waals surface area contributed by atoms with Gasteiger partial charge in [0.15, 0.2) is 0 Å². The molecule has 2 heterocycles. The quantitative estimate of drug-likeness (QED) is 0.859. The average molecular weight is 315 g/mol. The molecular formula is C14H23ClN4O2. The number of piperidine rings is 1. The largest absolute Gasteiger partial charge is 0.383 e. The molecule has 1 aromatic rings. The molecule has 1 amide bonds. The third-order valence-corrected chi connectivity index (χ3v) is 4.53. The summed E-state index contributed by atoms with van der Waals surface area (Å²) in [6.45, 7) is 3.40. The molecule has 7 heteroatoms. The van der Waals surface area contributed by atoms with Crippen molar-refractivity contribution in [2.75, 3.05) is 32.1 Å². The monoisotopic (exact) mass is 314 g/mol. The first-order valence-corrected chi connectivity index (χ1v) is 7.26. The fraction of sp³-hybridized carbons (Fsp3) is 0.714. The maximum atomic E-state index is 12.3. The fourth-order valence-electron chi connectivity index (χ4n) is 3.16. The Kier molecular flexibility index (Phi) is 5.24. The van der Waals surface area contributed by atoms with E-state index >= 15 is 0 Å². The van der Waals surface area contributed by atoms with Crippen LogP contribution in [0.2, 0.25) is 0 Å². The molecule has 0 bridgehead atoms. The van der Waals surface area contributed by atoms with E-state index in [1.807, 2.05) is 6.20 Å². The van der Waals surface area contributed by atoms with Gasteiger partial charge in [-0.15, -0.1) is 12.4 Å². The van der Waals surface area contributed by atoms with E-state index in [4.69, 9.17) is 4.74 Å². The van der Waals surface area contributed by atoms with E-state index in [0.29, 0.717) is 13.2 Å². The Bertz CT molecular complexity index is 485. The molecule has 2 aliphatic rings. The molecular weight excluding hydrogens is 292 g/mol. The first-order chi connectivity index (χ1) is 9.73. The summed E-state index contributed by atoms with van der Waals surface area (Å²) in [5.74, 6) is 0.338. The number of anilines is 1. The van der Waals surface area contributed by atoms with Crippen molar-refractivity contribution in [1.29, 1.82) is 0 Å². The molecule has 0 aromatic carbocycles. The summed E-state index contributed by atoms with van der Waals surface area (Å²) in [6.07, 6.45) is 6.84. The summed E-state index contributed by atoms with van der Waals surface area (Å²) in [5, 5.41) is 10.5. The zero-order valence-electron chi connectivity index (χ0n) is 12.3. The lowest BCUT2D eigenvalue weighted by atomic mass is 9.92. The number of halogens is 1. The maximum absolute atomic E-state index is 12.3. The van der Waals surface area contributed by atoms with Crippen molar-refractivity contribution in [1.82, 2.24) is 15.1 Å². The molecule has 6 nitrogen and oxygen atoms in total. The van der Waals surface area contributed by atoms with E-state index in [0.717, 1.165) is 38.0 Å². The van der Waals surface area contributed by atoms with Gasteiger partial charge in [-0.05, 0) is 37.8 Å². The van der Waals surface area contributed by atoms with E-state index in [9.17, 15) is 4.79 Å². The molecule has 1 aliphatic carbocycles. The SMILES string of the molecule is COCCn1cc(NC(=O)C2CC23CCNCC3)cn1.Cl. The van der Waals surface area contributed by atoms with Crippen molar-refractivity contribution in [2.24, 2.45) is 11.3 Å². The number of nitrogens with zero attached hydrogens (tertiary/aromatic N) is 2. The topological polar surface area (TPSA) is 68.2 Å². The molecule has 1 aromatic heterocycles. The molecule has 2 N–H and O–H groups in total. The Labute approximate surface area is 131 Å². The maximum Gasteiger partial charge on any atom is 0.228 e. The summed E-state index contributed by atoms with van der Waals surface area (Å²) in [5.41, 5.74) is 1.06. The lowest BCUT2D eigenvalue weighted by Crippen LogP contribution is -2.31. The van der Waals surface area contributed by atoms with Gasteiger partial charge in [0.2, 0.25) is 5.91 Å². The Hall–Kier alpha value is -1.11. The molecule has 1 spiro atoms. The van der Waals surface area contributed by atoms with E-state index in [1.165, 1.54) is 0 Å². The number of amides is 1. The molecule has 3 rings (SSSR count). The highest BCUT2D eigenvalue weighted by Gasteiger charge is 2.57. The second kappa shape index (κ2) is 6.77. The number of carbonyl (C=O) groups is 1. The van der Waals surface area contributed by atoms with Gasteiger partial charge in [0.25, 0.3) is 0 Å². The molecule has 118 valence electrons. The van der Waals surface area contributed by atoms with Gasteiger partial charge in [-0.1, -0.05) is 0 Å². The molecule has 0 radical (unpaired) electrons. The zero-order valence-corrected chi connectivity index (χ0v) is 13.1. The molecule has 1 atom stereocenters. The predicted molar refractivity (Wildman–Crippen MR) is 82.6 cm³/mol. The van der Waals surface area contributed by atoms with Crippen molar-refractivity contribution >= 4 is 24.0 Å². The van der Waals surface area contributed by atoms with Crippen LogP contribution in [0, 0.1) is 11.3 Å². The van der Waals surface area contributed by atoms with Gasteiger partial charge in [0.1, 0.15) is 0 Å². The first kappa shape index (κ1) is 16.3. The zero-order chi connectivity index (χ0) is 14.0. The highest BCUT2D eigenvalue weighted by atomic mass is 35.5. The standard InChI is InChI=1S/C14H22N4O2.ClH/c1-20-7-6-18-10-11(9-16-18)17-13(19)12-8-14(12)2-4-15-5-3-14;/h9-10,12,15H,2-8H2,1H3,(H,17,19);1H. The Balaban J connectivity index is 0.00000161. The molecule has 1 saturated heterocycles. The number of ether oxygens (including phenoxy) is 1. The van der Waals surface area contributed by atoms with Crippen LogP contribution >= 0.6 is 12.4 Å². The summed E-state index contributed by atoms with van der Waals surface area (Å²) in [7, 11) is 1.66. The normalized spacial score (nSPS) is 22.6. The second-order valence-electron chi connectivity index (χ2n) is 5.84. The van der Waals surface area contributed by atoms with Crippen molar-refractivity contribution in [2.45, 2.75) is 25.8 Å². The highest BCUT2D eigenvalue weighted by Crippen LogP contribution is 2.58.